The van der Waals surface area contributed by atoms with Gasteiger partial charge >= 0.3 is 0 Å². The molecule has 2 aromatic heterocycles. The Labute approximate surface area is 227 Å². The van der Waals surface area contributed by atoms with Crippen molar-refractivity contribution in [3.63, 3.8) is 0 Å². The van der Waals surface area contributed by atoms with Crippen molar-refractivity contribution in [1.82, 2.24) is 14.5 Å². The highest BCUT2D eigenvalue weighted by Crippen LogP contribution is 2.34. The fraction of sp³-hybridized carbons (Fsp3) is 0.143. The van der Waals surface area contributed by atoms with Crippen LogP contribution in [0.25, 0.3) is 34.4 Å². The average Bonchev–Trinajstić information content (AvgIpc) is 3.47. The molecule has 2 atom stereocenters. The molecule has 7 nitrogen and oxygen atoms in total. The van der Waals surface area contributed by atoms with Crippen molar-refractivity contribution in [2.75, 3.05) is 6.54 Å². The summed E-state index contributed by atoms with van der Waals surface area (Å²) >= 11 is 0. The molecule has 0 aliphatic carbocycles. The van der Waals surface area contributed by atoms with E-state index in [1.54, 1.807) is 30.6 Å². The molecule has 39 heavy (non-hydrogen) atoms. The minimum atomic E-state index is -0.984. The van der Waals surface area contributed by atoms with Gasteiger partial charge in [-0.3, -0.25) is 19.1 Å². The number of benzene rings is 2. The van der Waals surface area contributed by atoms with Crippen LogP contribution in [-0.2, 0) is 9.59 Å². The van der Waals surface area contributed by atoms with Crippen molar-refractivity contribution in [3.05, 3.63) is 76.0 Å². The third-order valence-corrected chi connectivity index (χ3v) is 8.24. The molecular weight excluding hydrogens is 540 g/mol. The number of nitriles is 1. The third kappa shape index (κ3) is 4.12. The lowest BCUT2D eigenvalue weighted by atomic mass is 9.94. The highest BCUT2D eigenvalue weighted by atomic mass is 31.0. The lowest BCUT2D eigenvalue weighted by Gasteiger charge is -2.26. The summed E-state index contributed by atoms with van der Waals surface area (Å²) in [6, 6.07) is 12.8. The Morgan fingerprint density at radius 3 is 2.41 bits per heavy atom. The Balaban J connectivity index is 1.78. The topological polar surface area (TPSA) is 92.1 Å². The van der Waals surface area contributed by atoms with E-state index in [0.717, 1.165) is 4.90 Å². The van der Waals surface area contributed by atoms with Crippen LogP contribution in [0, 0.1) is 29.9 Å². The molecule has 0 N–H and O–H groups in total. The van der Waals surface area contributed by atoms with Crippen LogP contribution in [-0.4, -0.2) is 32.8 Å². The summed E-state index contributed by atoms with van der Waals surface area (Å²) in [5, 5.41) is 10.0. The number of likely N-dealkylation sites (N-methyl/N-ethyl adjacent to an activating group) is 1. The quantitative estimate of drug-likeness (QED) is 0.208. The van der Waals surface area contributed by atoms with Gasteiger partial charge in [0.15, 0.2) is 22.9 Å². The zero-order valence-electron chi connectivity index (χ0n) is 21.2. The first kappa shape index (κ1) is 26.6. The number of rotatable bonds is 4. The molecule has 0 fully saturated rings. The molecule has 196 valence electrons. The molecule has 2 amide bonds. The molecule has 1 aliphatic rings. The average molecular weight is 562 g/mol. The van der Waals surface area contributed by atoms with Crippen molar-refractivity contribution in [2.24, 2.45) is 0 Å². The number of oxazole rings is 1. The van der Waals surface area contributed by atoms with Crippen LogP contribution in [0.4, 0.5) is 8.78 Å². The second-order valence-electron chi connectivity index (χ2n) is 8.93. The molecule has 5 rings (SSSR count). The highest BCUT2D eigenvalue weighted by molar-refractivity contribution is 7.36. The van der Waals surface area contributed by atoms with Gasteiger partial charge in [-0.1, -0.05) is 18.2 Å². The van der Waals surface area contributed by atoms with Gasteiger partial charge in [-0.15, -0.1) is 18.5 Å². The van der Waals surface area contributed by atoms with Crippen molar-refractivity contribution in [3.8, 4) is 23.2 Å². The number of para-hydroxylation sites is 1. The van der Waals surface area contributed by atoms with Crippen LogP contribution < -0.4 is 10.6 Å². The summed E-state index contributed by atoms with van der Waals surface area (Å²) in [6.45, 7) is 4.80. The fourth-order valence-electron chi connectivity index (χ4n) is 4.65. The summed E-state index contributed by atoms with van der Waals surface area (Å²) in [7, 11) is 4.61. The van der Waals surface area contributed by atoms with Gasteiger partial charge in [-0.05, 0) is 49.9 Å². The van der Waals surface area contributed by atoms with Crippen LogP contribution in [0.5, 0.6) is 0 Å². The maximum Gasteiger partial charge on any atom is 0.271 e. The molecular formula is C28H22F2N4O3P2. The van der Waals surface area contributed by atoms with Crippen molar-refractivity contribution in [2.45, 2.75) is 20.8 Å². The molecule has 3 heterocycles. The first-order chi connectivity index (χ1) is 18.6. The van der Waals surface area contributed by atoms with E-state index in [2.05, 4.69) is 23.5 Å². The number of aromatic nitrogens is 2. The van der Waals surface area contributed by atoms with Gasteiger partial charge in [-0.2, -0.15) is 10.2 Å². The summed E-state index contributed by atoms with van der Waals surface area (Å²) < 4.78 is 36.7. The summed E-state index contributed by atoms with van der Waals surface area (Å²) in [5.74, 6) is -2.97. The van der Waals surface area contributed by atoms with E-state index < -0.39 is 23.4 Å². The summed E-state index contributed by atoms with van der Waals surface area (Å²) in [6.07, 6.45) is 1.60. The van der Waals surface area contributed by atoms with E-state index in [-0.39, 0.29) is 40.0 Å². The molecule has 0 spiro atoms. The normalized spacial score (nSPS) is 15.1. The Bertz CT molecular complexity index is 1780. The monoisotopic (exact) mass is 562 g/mol. The van der Waals surface area contributed by atoms with Gasteiger partial charge in [0.05, 0.1) is 11.3 Å². The zero-order chi connectivity index (χ0) is 28.2. The maximum atomic E-state index is 14.6. The molecule has 0 bridgehead atoms. The molecule has 4 aromatic rings. The fourth-order valence-corrected chi connectivity index (χ4v) is 5.39. The number of carbonyl (C=O) groups is 2. The first-order valence-corrected chi connectivity index (χ1v) is 13.1. The minimum Gasteiger partial charge on any atom is -0.434 e. The standard InChI is InChI=1S/C28H22F2N4O3P2/c1-4-33-27(35)17(13(2)18(12-31)28(33)36)10-16-11-19-25(34(16)15-8-6-5-7-9-15)32-26(37-19)20-14(3)21(29)22(30)24(39)23(20)38/h5-11H,4,38-39H2,1-3H3/b17-10-. The number of carbonyl (C=O) groups excluding carboxylic acids is 2. The summed E-state index contributed by atoms with van der Waals surface area (Å²) in [4.78, 5) is 31.5. The number of halogens is 2. The molecule has 2 unspecified atom stereocenters. The predicted molar refractivity (Wildman–Crippen MR) is 151 cm³/mol. The molecule has 11 heteroatoms. The van der Waals surface area contributed by atoms with Gasteiger partial charge in [0.2, 0.25) is 5.89 Å². The second-order valence-corrected chi connectivity index (χ2v) is 10.1. The first-order valence-electron chi connectivity index (χ1n) is 11.9. The number of nitrogens with zero attached hydrogens (tertiary/aromatic N) is 4. The van der Waals surface area contributed by atoms with Crippen LogP contribution in [0.1, 0.15) is 25.1 Å². The van der Waals surface area contributed by atoms with Crippen molar-refractivity contribution >= 4 is 58.2 Å². The van der Waals surface area contributed by atoms with Gasteiger partial charge < -0.3 is 4.42 Å². The number of hydrogen-bond donors (Lipinski definition) is 0. The van der Waals surface area contributed by atoms with Crippen LogP contribution >= 0.6 is 18.5 Å². The molecule has 0 saturated heterocycles. The largest absolute Gasteiger partial charge is 0.434 e. The van der Waals surface area contributed by atoms with E-state index in [0.29, 0.717) is 33.5 Å². The van der Waals surface area contributed by atoms with E-state index in [1.165, 1.54) is 6.92 Å². The van der Waals surface area contributed by atoms with Crippen molar-refractivity contribution < 1.29 is 22.8 Å². The van der Waals surface area contributed by atoms with Gasteiger partial charge in [0.25, 0.3) is 11.8 Å². The SMILES string of the molecule is CCN1C(=O)C(C#N)=C(C)/C(=C/c2cc3oc(-c4c(C)c(F)c(F)c(P)c4P)nc3n2-c2ccccc2)C1=O. The van der Waals surface area contributed by atoms with Gasteiger partial charge in [0.1, 0.15) is 11.6 Å². The molecule has 0 radical (unpaired) electrons. The van der Waals surface area contributed by atoms with E-state index in [1.807, 2.05) is 36.4 Å². The predicted octanol–water partition coefficient (Wildman–Crippen LogP) is 4.49. The Morgan fingerprint density at radius 2 is 1.77 bits per heavy atom. The Hall–Kier alpha value is -3.98. The summed E-state index contributed by atoms with van der Waals surface area (Å²) in [5.41, 5.74) is 2.69. The van der Waals surface area contributed by atoms with Crippen molar-refractivity contribution in [1.29, 1.82) is 5.26 Å². The van der Waals surface area contributed by atoms with Crippen LogP contribution in [0.3, 0.4) is 0 Å². The van der Waals surface area contributed by atoms with Crippen LogP contribution in [0.2, 0.25) is 0 Å². The Morgan fingerprint density at radius 1 is 1.08 bits per heavy atom. The van der Waals surface area contributed by atoms with Gasteiger partial charge in [-0.25, -0.2) is 8.78 Å². The third-order valence-electron chi connectivity index (χ3n) is 6.74. The van der Waals surface area contributed by atoms with E-state index in [4.69, 9.17) is 4.42 Å². The highest BCUT2D eigenvalue weighted by Gasteiger charge is 2.35. The van der Waals surface area contributed by atoms with E-state index >= 15 is 0 Å². The van der Waals surface area contributed by atoms with E-state index in [9.17, 15) is 23.6 Å². The molecule has 1 aliphatic heterocycles. The number of amides is 2. The lowest BCUT2D eigenvalue weighted by molar-refractivity contribution is -0.140. The zero-order valence-corrected chi connectivity index (χ0v) is 23.5. The van der Waals surface area contributed by atoms with Gasteiger partial charge in [0, 0.05) is 34.7 Å². The lowest BCUT2D eigenvalue weighted by Crippen LogP contribution is -2.42. The maximum absolute atomic E-state index is 14.6. The molecule has 0 saturated carbocycles. The smallest absolute Gasteiger partial charge is 0.271 e. The Kier molecular flexibility index (Phi) is 6.80. The number of fused-ring (bicyclic) bond motifs is 1. The second kappa shape index (κ2) is 9.96. The minimum absolute atomic E-state index is 0.0544. The molecule has 2 aromatic carbocycles. The number of imide groups is 1. The van der Waals surface area contributed by atoms with Crippen LogP contribution in [0.15, 0.2) is 57.5 Å². The number of hydrogen-bond acceptors (Lipinski definition) is 5.